The van der Waals surface area contributed by atoms with Gasteiger partial charge >= 0.3 is 0 Å². The molecule has 1 aromatic carbocycles. The van der Waals surface area contributed by atoms with E-state index in [1.54, 1.807) is 14.0 Å². The molecule has 1 heterocycles. The second-order valence-electron chi connectivity index (χ2n) is 6.32. The predicted octanol–water partition coefficient (Wildman–Crippen LogP) is 2.19. The van der Waals surface area contributed by atoms with Crippen LogP contribution in [-0.4, -0.2) is 55.5 Å². The number of piperidine rings is 1. The van der Waals surface area contributed by atoms with Crippen molar-refractivity contribution >= 4 is 15.9 Å². The molecule has 0 N–H and O–H groups in total. The Bertz CT molecular complexity index is 657. The Labute approximate surface area is 139 Å². The van der Waals surface area contributed by atoms with E-state index in [9.17, 15) is 13.2 Å². The summed E-state index contributed by atoms with van der Waals surface area (Å²) in [5, 5.41) is 0. The average Bonchev–Trinajstić information content (AvgIpc) is 2.52. The third-order valence-electron chi connectivity index (χ3n) is 4.54. The van der Waals surface area contributed by atoms with Gasteiger partial charge in [0, 0.05) is 31.7 Å². The Morgan fingerprint density at radius 1 is 1.17 bits per heavy atom. The summed E-state index contributed by atoms with van der Waals surface area (Å²) in [6.45, 7) is 6.83. The van der Waals surface area contributed by atoms with Crippen LogP contribution in [0.25, 0.3) is 0 Å². The molecule has 2 rings (SSSR count). The highest BCUT2D eigenvalue weighted by atomic mass is 32.2. The number of aryl methyl sites for hydroxylation is 2. The highest BCUT2D eigenvalue weighted by Gasteiger charge is 2.30. The van der Waals surface area contributed by atoms with Gasteiger partial charge in [-0.3, -0.25) is 4.79 Å². The molecule has 1 fully saturated rings. The normalized spacial score (nSPS) is 16.8. The molecule has 0 saturated carbocycles. The highest BCUT2D eigenvalue weighted by Crippen LogP contribution is 2.20. The Morgan fingerprint density at radius 2 is 1.70 bits per heavy atom. The van der Waals surface area contributed by atoms with Crippen molar-refractivity contribution in [3.8, 4) is 0 Å². The molecule has 1 aliphatic heterocycles. The second kappa shape index (κ2) is 7.01. The van der Waals surface area contributed by atoms with E-state index in [1.807, 2.05) is 36.9 Å². The Morgan fingerprint density at radius 3 is 2.17 bits per heavy atom. The van der Waals surface area contributed by atoms with Crippen LogP contribution in [0.4, 0.5) is 0 Å². The van der Waals surface area contributed by atoms with Crippen molar-refractivity contribution in [1.82, 2.24) is 9.21 Å². The number of carbonyl (C=O) groups is 1. The smallest absolute Gasteiger partial charge is 0.253 e. The SMILES string of the molecule is CCS(=O)(=O)N(C)C1CCN(C(=O)c2cc(C)cc(C)c2)CC1. The van der Waals surface area contributed by atoms with Crippen LogP contribution in [0.15, 0.2) is 18.2 Å². The Kier molecular flexibility index (Phi) is 5.47. The number of benzene rings is 1. The summed E-state index contributed by atoms with van der Waals surface area (Å²) in [6, 6.07) is 5.86. The van der Waals surface area contributed by atoms with Gasteiger partial charge in [-0.05, 0) is 45.7 Å². The zero-order valence-corrected chi connectivity index (χ0v) is 15.2. The van der Waals surface area contributed by atoms with Crippen molar-refractivity contribution in [2.24, 2.45) is 0 Å². The summed E-state index contributed by atoms with van der Waals surface area (Å²) in [5.41, 5.74) is 2.88. The van der Waals surface area contributed by atoms with Gasteiger partial charge in [0.05, 0.1) is 5.75 Å². The molecule has 1 aliphatic rings. The minimum Gasteiger partial charge on any atom is -0.339 e. The summed E-state index contributed by atoms with van der Waals surface area (Å²) >= 11 is 0. The van der Waals surface area contributed by atoms with Crippen LogP contribution in [0.5, 0.6) is 0 Å². The molecule has 128 valence electrons. The third kappa shape index (κ3) is 4.12. The molecule has 0 unspecified atom stereocenters. The van der Waals surface area contributed by atoms with Gasteiger partial charge in [-0.15, -0.1) is 0 Å². The maximum absolute atomic E-state index is 12.6. The van der Waals surface area contributed by atoms with Crippen molar-refractivity contribution in [2.75, 3.05) is 25.9 Å². The van der Waals surface area contributed by atoms with Gasteiger partial charge in [-0.2, -0.15) is 0 Å². The highest BCUT2D eigenvalue weighted by molar-refractivity contribution is 7.89. The summed E-state index contributed by atoms with van der Waals surface area (Å²) in [4.78, 5) is 14.5. The van der Waals surface area contributed by atoms with E-state index in [2.05, 4.69) is 0 Å². The molecule has 1 amide bonds. The fourth-order valence-corrected chi connectivity index (χ4v) is 4.22. The molecule has 0 spiro atoms. The average molecular weight is 338 g/mol. The standard InChI is InChI=1S/C17H26N2O3S/c1-5-23(21,22)18(4)16-6-8-19(9-7-16)17(20)15-11-13(2)10-14(3)12-15/h10-12,16H,5-9H2,1-4H3. The monoisotopic (exact) mass is 338 g/mol. The first-order valence-electron chi connectivity index (χ1n) is 8.08. The summed E-state index contributed by atoms with van der Waals surface area (Å²) in [6.07, 6.45) is 1.37. The van der Waals surface area contributed by atoms with E-state index >= 15 is 0 Å². The zero-order valence-electron chi connectivity index (χ0n) is 14.4. The lowest BCUT2D eigenvalue weighted by molar-refractivity contribution is 0.0686. The Balaban J connectivity index is 2.03. The maximum Gasteiger partial charge on any atom is 0.253 e. The minimum absolute atomic E-state index is 0.0109. The number of carbonyl (C=O) groups excluding carboxylic acids is 1. The number of rotatable bonds is 4. The van der Waals surface area contributed by atoms with E-state index in [-0.39, 0.29) is 17.7 Å². The molecule has 1 saturated heterocycles. The molecule has 0 bridgehead atoms. The van der Waals surface area contributed by atoms with E-state index < -0.39 is 10.0 Å². The zero-order chi connectivity index (χ0) is 17.2. The van der Waals surface area contributed by atoms with Gasteiger partial charge in [-0.25, -0.2) is 12.7 Å². The largest absolute Gasteiger partial charge is 0.339 e. The first-order chi connectivity index (χ1) is 10.7. The van der Waals surface area contributed by atoms with Gasteiger partial charge < -0.3 is 4.90 Å². The fourth-order valence-electron chi connectivity index (χ4n) is 3.14. The maximum atomic E-state index is 12.6. The van der Waals surface area contributed by atoms with Crippen molar-refractivity contribution in [1.29, 1.82) is 0 Å². The Hall–Kier alpha value is -1.40. The van der Waals surface area contributed by atoms with Crippen LogP contribution in [0.1, 0.15) is 41.3 Å². The number of nitrogens with zero attached hydrogens (tertiary/aromatic N) is 2. The quantitative estimate of drug-likeness (QED) is 0.845. The van der Waals surface area contributed by atoms with Crippen molar-refractivity contribution in [3.05, 3.63) is 34.9 Å². The molecule has 1 aromatic rings. The number of sulfonamides is 1. The third-order valence-corrected chi connectivity index (χ3v) is 6.44. The van der Waals surface area contributed by atoms with Crippen molar-refractivity contribution in [2.45, 2.75) is 39.7 Å². The molecular weight excluding hydrogens is 312 g/mol. The van der Waals surface area contributed by atoms with Crippen LogP contribution >= 0.6 is 0 Å². The summed E-state index contributed by atoms with van der Waals surface area (Å²) in [5.74, 6) is 0.154. The number of hydrogen-bond donors (Lipinski definition) is 0. The van der Waals surface area contributed by atoms with E-state index in [4.69, 9.17) is 0 Å². The molecular formula is C17H26N2O3S. The number of hydrogen-bond acceptors (Lipinski definition) is 3. The lowest BCUT2D eigenvalue weighted by Gasteiger charge is -2.36. The molecule has 23 heavy (non-hydrogen) atoms. The van der Waals surface area contributed by atoms with Crippen LogP contribution in [-0.2, 0) is 10.0 Å². The first-order valence-corrected chi connectivity index (χ1v) is 9.69. The molecule has 5 nitrogen and oxygen atoms in total. The molecule has 0 aliphatic carbocycles. The minimum atomic E-state index is -3.17. The molecule has 0 atom stereocenters. The van der Waals surface area contributed by atoms with E-state index in [1.165, 1.54) is 4.31 Å². The first kappa shape index (κ1) is 17.9. The number of amides is 1. The van der Waals surface area contributed by atoms with Gasteiger partial charge in [0.15, 0.2) is 0 Å². The van der Waals surface area contributed by atoms with Gasteiger partial charge in [0.25, 0.3) is 5.91 Å². The topological polar surface area (TPSA) is 57.7 Å². The van der Waals surface area contributed by atoms with Gasteiger partial charge in [0.2, 0.25) is 10.0 Å². The predicted molar refractivity (Wildman–Crippen MR) is 92.1 cm³/mol. The summed E-state index contributed by atoms with van der Waals surface area (Å²) < 4.78 is 25.4. The molecule has 0 aromatic heterocycles. The summed E-state index contributed by atoms with van der Waals surface area (Å²) in [7, 11) is -1.53. The van der Waals surface area contributed by atoms with Crippen LogP contribution in [0, 0.1) is 13.8 Å². The lowest BCUT2D eigenvalue weighted by Crippen LogP contribution is -2.47. The lowest BCUT2D eigenvalue weighted by atomic mass is 10.0. The van der Waals surface area contributed by atoms with Crippen molar-refractivity contribution < 1.29 is 13.2 Å². The van der Waals surface area contributed by atoms with Crippen LogP contribution in [0.3, 0.4) is 0 Å². The van der Waals surface area contributed by atoms with Crippen molar-refractivity contribution in [3.63, 3.8) is 0 Å². The van der Waals surface area contributed by atoms with E-state index in [0.717, 1.165) is 16.7 Å². The molecule has 6 heteroatoms. The van der Waals surface area contributed by atoms with Crippen LogP contribution < -0.4 is 0 Å². The fraction of sp³-hybridized carbons (Fsp3) is 0.588. The van der Waals surface area contributed by atoms with Crippen LogP contribution in [0.2, 0.25) is 0 Å². The van der Waals surface area contributed by atoms with E-state index in [0.29, 0.717) is 25.9 Å². The molecule has 0 radical (unpaired) electrons. The number of likely N-dealkylation sites (tertiary alicyclic amines) is 1. The second-order valence-corrected chi connectivity index (χ2v) is 8.63. The van der Waals surface area contributed by atoms with Gasteiger partial charge in [0.1, 0.15) is 0 Å². The van der Waals surface area contributed by atoms with Gasteiger partial charge in [-0.1, -0.05) is 17.2 Å².